The number of hydrogen-bond donors (Lipinski definition) is 2. The van der Waals surface area contributed by atoms with E-state index in [-0.39, 0.29) is 5.69 Å². The lowest BCUT2D eigenvalue weighted by Crippen LogP contribution is -2.15. The Morgan fingerprint density at radius 1 is 1.05 bits per heavy atom. The zero-order chi connectivity index (χ0) is 14.7. The van der Waals surface area contributed by atoms with E-state index in [0.717, 1.165) is 17.7 Å². The fourth-order valence-corrected chi connectivity index (χ4v) is 1.84. The van der Waals surface area contributed by atoms with Crippen molar-refractivity contribution in [2.45, 2.75) is 6.92 Å². The van der Waals surface area contributed by atoms with E-state index in [1.807, 2.05) is 13.0 Å². The predicted octanol–water partition coefficient (Wildman–Crippen LogP) is 3.57. The number of anilines is 2. The van der Waals surface area contributed by atoms with Crippen LogP contribution >= 0.6 is 0 Å². The fraction of sp³-hybridized carbons (Fsp3) is 0.133. The summed E-state index contributed by atoms with van der Waals surface area (Å²) in [6.45, 7) is 1.90. The van der Waals surface area contributed by atoms with Gasteiger partial charge in [-0.15, -0.1) is 0 Å². The van der Waals surface area contributed by atoms with Gasteiger partial charge in [0, 0.05) is 18.8 Å². The molecule has 0 saturated heterocycles. The maximum Gasteiger partial charge on any atom is 0.257 e. The number of benzene rings is 2. The minimum Gasteiger partial charge on any atom is -0.387 e. The molecule has 2 rings (SSSR count). The lowest BCUT2D eigenvalue weighted by atomic mass is 10.1. The molecular weight excluding hydrogens is 262 g/mol. The van der Waals surface area contributed by atoms with Crippen LogP contribution in [0, 0.1) is 18.6 Å². The smallest absolute Gasteiger partial charge is 0.257 e. The molecule has 0 spiro atoms. The Bertz CT molecular complexity index is 656. The monoisotopic (exact) mass is 276 g/mol. The Balaban J connectivity index is 2.28. The normalized spacial score (nSPS) is 10.2. The molecular formula is C15H14F2N2O. The van der Waals surface area contributed by atoms with E-state index in [1.54, 1.807) is 19.2 Å². The third kappa shape index (κ3) is 2.93. The Morgan fingerprint density at radius 2 is 1.80 bits per heavy atom. The molecule has 0 saturated carbocycles. The summed E-state index contributed by atoms with van der Waals surface area (Å²) in [5.74, 6) is -1.96. The van der Waals surface area contributed by atoms with Gasteiger partial charge in [0.25, 0.3) is 5.91 Å². The Morgan fingerprint density at radius 3 is 2.45 bits per heavy atom. The van der Waals surface area contributed by atoms with Crippen molar-refractivity contribution in [1.29, 1.82) is 0 Å². The number of carbonyl (C=O) groups is 1. The highest BCUT2D eigenvalue weighted by Crippen LogP contribution is 2.20. The molecule has 0 radical (unpaired) electrons. The van der Waals surface area contributed by atoms with Crippen LogP contribution in [0.1, 0.15) is 15.9 Å². The Hall–Kier alpha value is -2.43. The summed E-state index contributed by atoms with van der Waals surface area (Å²) in [6.07, 6.45) is 0. The van der Waals surface area contributed by atoms with E-state index in [1.165, 1.54) is 6.07 Å². The van der Waals surface area contributed by atoms with Gasteiger partial charge < -0.3 is 10.6 Å². The van der Waals surface area contributed by atoms with Crippen LogP contribution in [0.2, 0.25) is 0 Å². The fourth-order valence-electron chi connectivity index (χ4n) is 1.84. The summed E-state index contributed by atoms with van der Waals surface area (Å²) in [4.78, 5) is 12.1. The number of hydrogen-bond acceptors (Lipinski definition) is 2. The number of aryl methyl sites for hydroxylation is 1. The summed E-state index contributed by atoms with van der Waals surface area (Å²) in [6, 6.07) is 8.26. The van der Waals surface area contributed by atoms with Crippen LogP contribution < -0.4 is 10.6 Å². The van der Waals surface area contributed by atoms with Gasteiger partial charge >= 0.3 is 0 Å². The molecule has 5 heteroatoms. The SMILES string of the molecule is CNc1cc(C)ccc1C(=O)Nc1ccc(F)cc1F. The number of amides is 1. The van der Waals surface area contributed by atoms with Gasteiger partial charge in [-0.1, -0.05) is 6.07 Å². The molecule has 0 fully saturated rings. The summed E-state index contributed by atoms with van der Waals surface area (Å²) in [5.41, 5.74) is 1.98. The van der Waals surface area contributed by atoms with Crippen molar-refractivity contribution in [3.63, 3.8) is 0 Å². The van der Waals surface area contributed by atoms with E-state index < -0.39 is 17.5 Å². The van der Waals surface area contributed by atoms with Gasteiger partial charge in [-0.25, -0.2) is 8.78 Å². The van der Waals surface area contributed by atoms with Crippen LogP contribution in [-0.4, -0.2) is 13.0 Å². The lowest BCUT2D eigenvalue weighted by Gasteiger charge is -2.11. The second kappa shape index (κ2) is 5.69. The van der Waals surface area contributed by atoms with Gasteiger partial charge in [-0.05, 0) is 36.8 Å². The zero-order valence-corrected chi connectivity index (χ0v) is 11.1. The second-order valence-corrected chi connectivity index (χ2v) is 4.38. The van der Waals surface area contributed by atoms with Gasteiger partial charge in [-0.2, -0.15) is 0 Å². The average Bonchev–Trinajstić information content (AvgIpc) is 2.41. The minimum absolute atomic E-state index is 0.0565. The first kappa shape index (κ1) is 14.0. The molecule has 20 heavy (non-hydrogen) atoms. The zero-order valence-electron chi connectivity index (χ0n) is 11.1. The third-order valence-electron chi connectivity index (χ3n) is 2.87. The quantitative estimate of drug-likeness (QED) is 0.899. The molecule has 0 bridgehead atoms. The minimum atomic E-state index is -0.809. The lowest BCUT2D eigenvalue weighted by molar-refractivity contribution is 0.102. The first-order chi connectivity index (χ1) is 9.51. The van der Waals surface area contributed by atoms with Crippen LogP contribution in [0.4, 0.5) is 20.2 Å². The van der Waals surface area contributed by atoms with E-state index in [9.17, 15) is 13.6 Å². The molecule has 0 aliphatic heterocycles. The second-order valence-electron chi connectivity index (χ2n) is 4.38. The maximum atomic E-state index is 13.5. The van der Waals surface area contributed by atoms with Crippen molar-refractivity contribution in [1.82, 2.24) is 0 Å². The van der Waals surface area contributed by atoms with Gasteiger partial charge in [0.15, 0.2) is 0 Å². The van der Waals surface area contributed by atoms with Crippen LogP contribution in [-0.2, 0) is 0 Å². The molecule has 1 amide bonds. The molecule has 0 aliphatic carbocycles. The highest BCUT2D eigenvalue weighted by Gasteiger charge is 2.13. The number of halogens is 2. The molecule has 0 unspecified atom stereocenters. The summed E-state index contributed by atoms with van der Waals surface area (Å²) < 4.78 is 26.3. The van der Waals surface area contributed by atoms with Crippen molar-refractivity contribution >= 4 is 17.3 Å². The standard InChI is InChI=1S/C15H14F2N2O/c1-9-3-5-11(14(7-9)18-2)15(20)19-13-6-4-10(16)8-12(13)17/h3-8,18H,1-2H3,(H,19,20). The molecule has 0 aliphatic rings. The summed E-state index contributed by atoms with van der Waals surface area (Å²) >= 11 is 0. The average molecular weight is 276 g/mol. The van der Waals surface area contributed by atoms with Gasteiger partial charge in [0.1, 0.15) is 11.6 Å². The topological polar surface area (TPSA) is 41.1 Å². The van der Waals surface area contributed by atoms with Gasteiger partial charge in [0.2, 0.25) is 0 Å². The maximum absolute atomic E-state index is 13.5. The summed E-state index contributed by atoms with van der Waals surface area (Å²) in [7, 11) is 1.70. The van der Waals surface area contributed by atoms with Crippen LogP contribution in [0.15, 0.2) is 36.4 Å². The Kier molecular flexibility index (Phi) is 3.98. The van der Waals surface area contributed by atoms with E-state index in [4.69, 9.17) is 0 Å². The largest absolute Gasteiger partial charge is 0.387 e. The van der Waals surface area contributed by atoms with E-state index in [0.29, 0.717) is 11.3 Å². The van der Waals surface area contributed by atoms with Crippen LogP contribution in [0.3, 0.4) is 0 Å². The first-order valence-corrected chi connectivity index (χ1v) is 6.06. The van der Waals surface area contributed by atoms with Gasteiger partial charge in [0.05, 0.1) is 11.3 Å². The Labute approximate surface area is 115 Å². The molecule has 2 N–H and O–H groups in total. The number of nitrogens with one attached hydrogen (secondary N) is 2. The molecule has 2 aromatic carbocycles. The molecule has 0 heterocycles. The molecule has 2 aromatic rings. The molecule has 0 atom stereocenters. The van der Waals surface area contributed by atoms with Crippen molar-refractivity contribution in [3.05, 3.63) is 59.2 Å². The number of rotatable bonds is 3. The van der Waals surface area contributed by atoms with Crippen molar-refractivity contribution in [2.24, 2.45) is 0 Å². The third-order valence-corrected chi connectivity index (χ3v) is 2.87. The molecule has 104 valence electrons. The highest BCUT2D eigenvalue weighted by molar-refractivity contribution is 6.08. The van der Waals surface area contributed by atoms with Crippen molar-refractivity contribution in [2.75, 3.05) is 17.7 Å². The highest BCUT2D eigenvalue weighted by atomic mass is 19.1. The molecule has 3 nitrogen and oxygen atoms in total. The van der Waals surface area contributed by atoms with Gasteiger partial charge in [-0.3, -0.25) is 4.79 Å². The summed E-state index contributed by atoms with van der Waals surface area (Å²) in [5, 5.41) is 5.34. The van der Waals surface area contributed by atoms with E-state index in [2.05, 4.69) is 10.6 Å². The number of carbonyl (C=O) groups excluding carboxylic acids is 1. The van der Waals surface area contributed by atoms with Crippen LogP contribution in [0.5, 0.6) is 0 Å². The van der Waals surface area contributed by atoms with Crippen LogP contribution in [0.25, 0.3) is 0 Å². The predicted molar refractivity (Wildman–Crippen MR) is 75.0 cm³/mol. The molecule has 0 aromatic heterocycles. The first-order valence-electron chi connectivity index (χ1n) is 6.06. The van der Waals surface area contributed by atoms with Crippen molar-refractivity contribution < 1.29 is 13.6 Å². The van der Waals surface area contributed by atoms with E-state index >= 15 is 0 Å². The van der Waals surface area contributed by atoms with Crippen molar-refractivity contribution in [3.8, 4) is 0 Å².